The summed E-state index contributed by atoms with van der Waals surface area (Å²) < 4.78 is 45.3. The number of halogens is 3. The number of rotatable bonds is 4. The van der Waals surface area contributed by atoms with E-state index in [2.05, 4.69) is 9.97 Å². The van der Waals surface area contributed by atoms with Crippen LogP contribution < -0.4 is 0 Å². The van der Waals surface area contributed by atoms with Gasteiger partial charge in [-0.3, -0.25) is 9.38 Å². The minimum absolute atomic E-state index is 0.00542. The van der Waals surface area contributed by atoms with Crippen molar-refractivity contribution >= 4 is 5.65 Å². The van der Waals surface area contributed by atoms with Crippen molar-refractivity contribution < 1.29 is 18.3 Å². The molecule has 0 saturated heterocycles. The van der Waals surface area contributed by atoms with Gasteiger partial charge in [0.1, 0.15) is 23.2 Å². The molecule has 1 aliphatic rings. The zero-order valence-corrected chi connectivity index (χ0v) is 17.0. The van der Waals surface area contributed by atoms with E-state index in [-0.39, 0.29) is 23.2 Å². The van der Waals surface area contributed by atoms with E-state index in [0.29, 0.717) is 33.9 Å². The van der Waals surface area contributed by atoms with Gasteiger partial charge in [-0.1, -0.05) is 13.8 Å². The average Bonchev–Trinajstić information content (AvgIpc) is 3.49. The van der Waals surface area contributed by atoms with Gasteiger partial charge >= 0.3 is 0 Å². The quantitative estimate of drug-likeness (QED) is 0.426. The Hall–Kier alpha value is -3.35. The van der Waals surface area contributed by atoms with Crippen LogP contribution >= 0.6 is 0 Å². The molecule has 31 heavy (non-hydrogen) atoms. The van der Waals surface area contributed by atoms with Gasteiger partial charge in [0.2, 0.25) is 0 Å². The predicted octanol–water partition coefficient (Wildman–Crippen LogP) is 6.19. The highest BCUT2D eigenvalue weighted by atomic mass is 19.1. The third kappa shape index (κ3) is 3.34. The number of hydrogen-bond acceptors (Lipinski definition) is 3. The molecule has 0 radical (unpaired) electrons. The first kappa shape index (κ1) is 19.6. The molecule has 0 atom stereocenters. The molecule has 4 aromatic rings. The molecule has 0 amide bonds. The van der Waals surface area contributed by atoms with Crippen molar-refractivity contribution in [1.29, 1.82) is 0 Å². The van der Waals surface area contributed by atoms with Crippen LogP contribution in [-0.4, -0.2) is 19.5 Å². The number of benzene rings is 2. The molecule has 0 bridgehead atoms. The van der Waals surface area contributed by atoms with Gasteiger partial charge in [-0.2, -0.15) is 0 Å². The maximum absolute atomic E-state index is 14.8. The van der Waals surface area contributed by atoms with Crippen LogP contribution in [0.2, 0.25) is 0 Å². The lowest BCUT2D eigenvalue weighted by Crippen LogP contribution is -1.99. The topological polar surface area (TPSA) is 50.4 Å². The van der Waals surface area contributed by atoms with Crippen LogP contribution in [0.5, 0.6) is 5.75 Å². The molecule has 1 saturated carbocycles. The second kappa shape index (κ2) is 7.11. The van der Waals surface area contributed by atoms with Gasteiger partial charge in [0.05, 0.1) is 28.8 Å². The van der Waals surface area contributed by atoms with Gasteiger partial charge in [-0.15, -0.1) is 0 Å². The summed E-state index contributed by atoms with van der Waals surface area (Å²) in [7, 11) is 0. The summed E-state index contributed by atoms with van der Waals surface area (Å²) in [5, 5.41) is 9.56. The summed E-state index contributed by atoms with van der Waals surface area (Å²) in [6, 6.07) is 6.57. The smallest absolute Gasteiger partial charge is 0.156 e. The Kier molecular flexibility index (Phi) is 4.50. The predicted molar refractivity (Wildman–Crippen MR) is 111 cm³/mol. The SMILES string of the molecule is CC(C)c1cc(-c2cn3c(-c4c(F)cc(O)cc4F)c(C4CC4)nc3cn2)ccc1F. The summed E-state index contributed by atoms with van der Waals surface area (Å²) in [6.45, 7) is 3.82. The van der Waals surface area contributed by atoms with E-state index in [9.17, 15) is 18.3 Å². The Bertz CT molecular complexity index is 1300. The maximum Gasteiger partial charge on any atom is 0.156 e. The van der Waals surface area contributed by atoms with Crippen LogP contribution in [0.3, 0.4) is 0 Å². The second-order valence-corrected chi connectivity index (χ2v) is 8.30. The minimum atomic E-state index is -0.858. The van der Waals surface area contributed by atoms with Crippen LogP contribution in [0.25, 0.3) is 28.2 Å². The summed E-state index contributed by atoms with van der Waals surface area (Å²) in [6.07, 6.45) is 5.02. The van der Waals surface area contributed by atoms with E-state index in [1.807, 2.05) is 13.8 Å². The highest BCUT2D eigenvalue weighted by molar-refractivity contribution is 5.72. The van der Waals surface area contributed by atoms with Crippen molar-refractivity contribution in [2.45, 2.75) is 38.5 Å². The summed E-state index contributed by atoms with van der Waals surface area (Å²) in [4.78, 5) is 9.06. The highest BCUT2D eigenvalue weighted by Crippen LogP contribution is 2.45. The summed E-state index contributed by atoms with van der Waals surface area (Å²) in [5.74, 6) is -2.35. The maximum atomic E-state index is 14.8. The Balaban J connectivity index is 1.75. The molecule has 2 aromatic carbocycles. The van der Waals surface area contributed by atoms with E-state index in [0.717, 1.165) is 25.0 Å². The first-order valence-electron chi connectivity index (χ1n) is 10.2. The number of phenolic OH excluding ortho intramolecular Hbond substituents is 1. The van der Waals surface area contributed by atoms with E-state index in [1.165, 1.54) is 6.07 Å². The number of aromatic nitrogens is 3. The first-order valence-corrected chi connectivity index (χ1v) is 10.2. The Morgan fingerprint density at radius 2 is 1.74 bits per heavy atom. The monoisotopic (exact) mass is 423 g/mol. The Labute approximate surface area is 177 Å². The van der Waals surface area contributed by atoms with Gasteiger partial charge in [0.15, 0.2) is 5.65 Å². The lowest BCUT2D eigenvalue weighted by atomic mass is 9.99. The molecule has 1 fully saturated rings. The Morgan fingerprint density at radius 1 is 1.03 bits per heavy atom. The largest absolute Gasteiger partial charge is 0.508 e. The number of phenols is 1. The van der Waals surface area contributed by atoms with Crippen LogP contribution in [0.1, 0.15) is 49.8 Å². The molecule has 158 valence electrons. The van der Waals surface area contributed by atoms with E-state index < -0.39 is 17.4 Å². The van der Waals surface area contributed by atoms with Crippen molar-refractivity contribution in [2.75, 3.05) is 0 Å². The van der Waals surface area contributed by atoms with Crippen LogP contribution in [0, 0.1) is 17.5 Å². The lowest BCUT2D eigenvalue weighted by molar-refractivity contribution is 0.461. The molecule has 0 unspecified atom stereocenters. The van der Waals surface area contributed by atoms with Crippen molar-refractivity contribution in [3.05, 3.63) is 71.4 Å². The van der Waals surface area contributed by atoms with Crippen LogP contribution in [-0.2, 0) is 0 Å². The average molecular weight is 423 g/mol. The third-order valence-electron chi connectivity index (χ3n) is 5.68. The molecule has 2 aromatic heterocycles. The lowest BCUT2D eigenvalue weighted by Gasteiger charge is -2.11. The molecule has 4 nitrogen and oxygen atoms in total. The van der Waals surface area contributed by atoms with Gasteiger partial charge in [-0.05, 0) is 42.5 Å². The van der Waals surface area contributed by atoms with Gasteiger partial charge in [0.25, 0.3) is 0 Å². The molecule has 1 aliphatic carbocycles. The number of aromatic hydroxyl groups is 1. The van der Waals surface area contributed by atoms with Crippen LogP contribution in [0.4, 0.5) is 13.2 Å². The minimum Gasteiger partial charge on any atom is -0.508 e. The number of fused-ring (bicyclic) bond motifs is 1. The van der Waals surface area contributed by atoms with E-state index in [4.69, 9.17) is 0 Å². The zero-order valence-electron chi connectivity index (χ0n) is 17.0. The normalized spacial score (nSPS) is 14.0. The Morgan fingerprint density at radius 3 is 2.39 bits per heavy atom. The molecule has 1 N–H and O–H groups in total. The van der Waals surface area contributed by atoms with E-state index >= 15 is 0 Å². The van der Waals surface area contributed by atoms with Crippen molar-refractivity contribution in [1.82, 2.24) is 14.4 Å². The fraction of sp³-hybridized carbons (Fsp3) is 0.250. The first-order chi connectivity index (χ1) is 14.8. The third-order valence-corrected chi connectivity index (χ3v) is 5.68. The molecule has 0 aliphatic heterocycles. The van der Waals surface area contributed by atoms with Crippen LogP contribution in [0.15, 0.2) is 42.7 Å². The summed E-state index contributed by atoms with van der Waals surface area (Å²) in [5.41, 5.74) is 2.98. The fourth-order valence-electron chi connectivity index (χ4n) is 3.94. The van der Waals surface area contributed by atoms with Crippen molar-refractivity contribution in [3.8, 4) is 28.3 Å². The van der Waals surface area contributed by atoms with Gasteiger partial charge in [-0.25, -0.2) is 18.2 Å². The molecule has 2 heterocycles. The number of nitrogens with zero attached hydrogens (tertiary/aromatic N) is 3. The number of imidazole rings is 1. The zero-order chi connectivity index (χ0) is 21.9. The summed E-state index contributed by atoms with van der Waals surface area (Å²) >= 11 is 0. The van der Waals surface area contributed by atoms with E-state index in [1.54, 1.807) is 28.9 Å². The highest BCUT2D eigenvalue weighted by Gasteiger charge is 2.33. The molecular weight excluding hydrogens is 403 g/mol. The molecule has 5 rings (SSSR count). The fourth-order valence-corrected chi connectivity index (χ4v) is 3.94. The molecular formula is C24H20F3N3O. The standard InChI is InChI=1S/C24H20F3N3O/c1-12(2)16-7-14(5-6-17(16)25)20-11-30-21(10-28-20)29-23(13-3-4-13)24(30)22-18(26)8-15(31)9-19(22)27/h5-13,31H,3-4H2,1-2H3. The number of hydrogen-bond donors (Lipinski definition) is 1. The van der Waals surface area contributed by atoms with Crippen molar-refractivity contribution in [3.63, 3.8) is 0 Å². The molecule has 7 heteroatoms. The second-order valence-electron chi connectivity index (χ2n) is 8.30. The van der Waals surface area contributed by atoms with Gasteiger partial charge < -0.3 is 5.11 Å². The molecule has 0 spiro atoms. The van der Waals surface area contributed by atoms with Crippen molar-refractivity contribution in [2.24, 2.45) is 0 Å². The van der Waals surface area contributed by atoms with Gasteiger partial charge in [0, 0.05) is 29.8 Å².